The molecule has 0 aromatic heterocycles. The Morgan fingerprint density at radius 3 is 2.76 bits per heavy atom. The predicted octanol–water partition coefficient (Wildman–Crippen LogP) is 1.09. The number of ether oxygens (including phenoxy) is 1. The van der Waals surface area contributed by atoms with Gasteiger partial charge in [-0.1, -0.05) is 0 Å². The molecule has 2 rings (SSSR count). The van der Waals surface area contributed by atoms with Gasteiger partial charge < -0.3 is 10.1 Å². The molecule has 1 aliphatic rings. The Balaban J connectivity index is 1.65. The van der Waals surface area contributed by atoms with Gasteiger partial charge in [-0.05, 0) is 24.4 Å². The molecule has 5 nitrogen and oxygen atoms in total. The lowest BCUT2D eigenvalue weighted by Gasteiger charge is -2.26. The van der Waals surface area contributed by atoms with E-state index in [1.165, 1.54) is 12.1 Å². The number of hydrogen-bond donors (Lipinski definition) is 3. The molecule has 21 heavy (non-hydrogen) atoms. The summed E-state index contributed by atoms with van der Waals surface area (Å²) in [6.45, 7) is 4.89. The zero-order chi connectivity index (χ0) is 15.1. The first-order valence-corrected chi connectivity index (χ1v) is 7.11. The Kier molecular flexibility index (Phi) is 6.09. The number of morpholine rings is 1. The first-order valence-electron chi connectivity index (χ1n) is 6.70. The maximum absolute atomic E-state index is 13.4. The van der Waals surface area contributed by atoms with Crippen molar-refractivity contribution in [3.05, 3.63) is 29.8 Å². The van der Waals surface area contributed by atoms with Crippen LogP contribution in [-0.4, -0.2) is 49.4 Å². The topological polar surface area (TPSA) is 48.6 Å². The Bertz CT molecular complexity index is 483. The average Bonchev–Trinajstić information content (AvgIpc) is 2.47. The average molecular weight is 316 g/mol. The third kappa shape index (κ3) is 5.41. The highest BCUT2D eigenvalue weighted by Crippen LogP contribution is 2.13. The molecule has 116 valence electrons. The van der Waals surface area contributed by atoms with Crippen LogP contribution in [0, 0.1) is 11.6 Å². The molecule has 1 saturated heterocycles. The van der Waals surface area contributed by atoms with E-state index in [1.807, 2.05) is 0 Å². The van der Waals surface area contributed by atoms with Gasteiger partial charge in [0.2, 0.25) is 0 Å². The van der Waals surface area contributed by atoms with E-state index in [0.717, 1.165) is 38.9 Å². The highest BCUT2D eigenvalue weighted by Gasteiger charge is 2.09. The number of halogens is 2. The van der Waals surface area contributed by atoms with E-state index in [4.69, 9.17) is 17.0 Å². The Morgan fingerprint density at radius 2 is 2.05 bits per heavy atom. The van der Waals surface area contributed by atoms with Gasteiger partial charge in [-0.25, -0.2) is 8.78 Å². The maximum Gasteiger partial charge on any atom is 0.185 e. The van der Waals surface area contributed by atoms with Crippen LogP contribution in [0.2, 0.25) is 0 Å². The summed E-state index contributed by atoms with van der Waals surface area (Å²) in [6.07, 6.45) is 0. The SMILES string of the molecule is Fc1ccc(NNC(=S)NCCN2CCOCC2)c(F)c1. The molecule has 0 radical (unpaired) electrons. The number of rotatable bonds is 5. The van der Waals surface area contributed by atoms with E-state index in [0.29, 0.717) is 11.7 Å². The summed E-state index contributed by atoms with van der Waals surface area (Å²) in [7, 11) is 0. The third-order valence-corrected chi connectivity index (χ3v) is 3.31. The fourth-order valence-electron chi connectivity index (χ4n) is 1.91. The van der Waals surface area contributed by atoms with Crippen LogP contribution in [0.25, 0.3) is 0 Å². The minimum Gasteiger partial charge on any atom is -0.379 e. The Labute approximate surface area is 127 Å². The largest absolute Gasteiger partial charge is 0.379 e. The van der Waals surface area contributed by atoms with Crippen molar-refractivity contribution in [2.24, 2.45) is 0 Å². The number of anilines is 1. The van der Waals surface area contributed by atoms with Crippen LogP contribution < -0.4 is 16.2 Å². The van der Waals surface area contributed by atoms with E-state index >= 15 is 0 Å². The normalized spacial score (nSPS) is 15.5. The zero-order valence-corrected chi connectivity index (χ0v) is 12.3. The van der Waals surface area contributed by atoms with Crippen molar-refractivity contribution in [2.75, 3.05) is 44.8 Å². The van der Waals surface area contributed by atoms with Gasteiger partial charge in [0, 0.05) is 32.2 Å². The molecular weight excluding hydrogens is 298 g/mol. The van der Waals surface area contributed by atoms with Crippen LogP contribution in [-0.2, 0) is 4.74 Å². The molecule has 1 aromatic carbocycles. The van der Waals surface area contributed by atoms with Gasteiger partial charge in [0.1, 0.15) is 5.82 Å². The van der Waals surface area contributed by atoms with Crippen molar-refractivity contribution < 1.29 is 13.5 Å². The molecule has 0 atom stereocenters. The molecule has 0 amide bonds. The van der Waals surface area contributed by atoms with Crippen molar-refractivity contribution in [1.82, 2.24) is 15.6 Å². The predicted molar refractivity (Wildman–Crippen MR) is 81.0 cm³/mol. The van der Waals surface area contributed by atoms with Crippen LogP contribution in [0.5, 0.6) is 0 Å². The van der Waals surface area contributed by atoms with Gasteiger partial charge in [0.15, 0.2) is 10.9 Å². The van der Waals surface area contributed by atoms with E-state index in [1.54, 1.807) is 0 Å². The molecule has 0 unspecified atom stereocenters. The number of hydrazine groups is 1. The lowest BCUT2D eigenvalue weighted by molar-refractivity contribution is 0.0389. The van der Waals surface area contributed by atoms with Crippen LogP contribution in [0.4, 0.5) is 14.5 Å². The molecule has 3 N–H and O–H groups in total. The Hall–Kier alpha value is -1.51. The van der Waals surface area contributed by atoms with Crippen molar-refractivity contribution in [1.29, 1.82) is 0 Å². The molecule has 8 heteroatoms. The highest BCUT2D eigenvalue weighted by molar-refractivity contribution is 7.80. The number of benzene rings is 1. The van der Waals surface area contributed by atoms with E-state index < -0.39 is 11.6 Å². The molecule has 1 fully saturated rings. The summed E-state index contributed by atoms with van der Waals surface area (Å²) >= 11 is 5.06. The van der Waals surface area contributed by atoms with Crippen LogP contribution >= 0.6 is 12.2 Å². The summed E-state index contributed by atoms with van der Waals surface area (Å²) in [5.41, 5.74) is 5.39. The minimum absolute atomic E-state index is 0.133. The second-order valence-corrected chi connectivity index (χ2v) is 4.99. The van der Waals surface area contributed by atoms with Gasteiger partial charge in [-0.2, -0.15) is 0 Å². The van der Waals surface area contributed by atoms with Gasteiger partial charge in [0.05, 0.1) is 18.9 Å². The molecule has 1 aliphatic heterocycles. The van der Waals surface area contributed by atoms with Gasteiger partial charge in [-0.3, -0.25) is 15.8 Å². The number of hydrogen-bond acceptors (Lipinski definition) is 4. The lowest BCUT2D eigenvalue weighted by Crippen LogP contribution is -2.44. The first kappa shape index (κ1) is 15.9. The lowest BCUT2D eigenvalue weighted by atomic mass is 10.3. The van der Waals surface area contributed by atoms with Gasteiger partial charge in [0.25, 0.3) is 0 Å². The zero-order valence-electron chi connectivity index (χ0n) is 11.5. The van der Waals surface area contributed by atoms with Crippen molar-refractivity contribution in [3.63, 3.8) is 0 Å². The molecular formula is C13H18F2N4OS. The monoisotopic (exact) mass is 316 g/mol. The quantitative estimate of drug-likeness (QED) is 0.558. The summed E-state index contributed by atoms with van der Waals surface area (Å²) < 4.78 is 31.4. The van der Waals surface area contributed by atoms with Crippen molar-refractivity contribution >= 4 is 23.0 Å². The second-order valence-electron chi connectivity index (χ2n) is 4.58. The molecule has 1 heterocycles. The number of thiocarbonyl (C=S) groups is 1. The van der Waals surface area contributed by atoms with E-state index in [-0.39, 0.29) is 5.69 Å². The molecule has 0 aliphatic carbocycles. The fourth-order valence-corrected chi connectivity index (χ4v) is 2.06. The molecule has 0 saturated carbocycles. The van der Waals surface area contributed by atoms with Gasteiger partial charge in [-0.15, -0.1) is 0 Å². The highest BCUT2D eigenvalue weighted by atomic mass is 32.1. The number of nitrogens with one attached hydrogen (secondary N) is 3. The smallest absolute Gasteiger partial charge is 0.185 e. The van der Waals surface area contributed by atoms with Gasteiger partial charge >= 0.3 is 0 Å². The van der Waals surface area contributed by atoms with Crippen LogP contribution in [0.3, 0.4) is 0 Å². The standard InChI is InChI=1S/C13H18F2N4OS/c14-10-1-2-12(11(15)9-10)17-18-13(21)16-3-4-19-5-7-20-8-6-19/h1-2,9,17H,3-8H2,(H2,16,18,21). The fraction of sp³-hybridized carbons (Fsp3) is 0.462. The first-order chi connectivity index (χ1) is 10.1. The maximum atomic E-state index is 13.4. The Morgan fingerprint density at radius 1 is 1.29 bits per heavy atom. The van der Waals surface area contributed by atoms with Crippen LogP contribution in [0.1, 0.15) is 0 Å². The van der Waals surface area contributed by atoms with E-state index in [9.17, 15) is 8.78 Å². The summed E-state index contributed by atoms with van der Waals surface area (Å²) in [5, 5.41) is 3.36. The second kappa shape index (κ2) is 8.06. The number of nitrogens with zero attached hydrogens (tertiary/aromatic N) is 1. The van der Waals surface area contributed by atoms with Crippen molar-refractivity contribution in [3.8, 4) is 0 Å². The minimum atomic E-state index is -0.682. The van der Waals surface area contributed by atoms with E-state index in [2.05, 4.69) is 21.1 Å². The third-order valence-electron chi connectivity index (χ3n) is 3.06. The summed E-state index contributed by atoms with van der Waals surface area (Å²) in [6, 6.07) is 3.27. The summed E-state index contributed by atoms with van der Waals surface area (Å²) in [5.74, 6) is -1.30. The molecule has 0 spiro atoms. The van der Waals surface area contributed by atoms with Crippen molar-refractivity contribution in [2.45, 2.75) is 0 Å². The molecule has 0 bridgehead atoms. The van der Waals surface area contributed by atoms with Crippen LogP contribution in [0.15, 0.2) is 18.2 Å². The molecule has 1 aromatic rings. The summed E-state index contributed by atoms with van der Waals surface area (Å²) in [4.78, 5) is 2.27.